The van der Waals surface area contributed by atoms with E-state index in [4.69, 9.17) is 4.74 Å². The first-order valence-electron chi connectivity index (χ1n) is 5.83. The van der Waals surface area contributed by atoms with E-state index in [0.29, 0.717) is 19.7 Å². The van der Waals surface area contributed by atoms with Crippen molar-refractivity contribution in [2.75, 3.05) is 18.5 Å². The van der Waals surface area contributed by atoms with Gasteiger partial charge in [-0.25, -0.2) is 4.68 Å². The molecular weight excluding hydrogens is 286 g/mol. The lowest BCUT2D eigenvalue weighted by molar-refractivity contribution is -0.148. The summed E-state index contributed by atoms with van der Waals surface area (Å²) in [7, 11) is 0. The zero-order valence-electron chi connectivity index (χ0n) is 9.99. The predicted molar refractivity (Wildman–Crippen MR) is 67.9 cm³/mol. The molecule has 0 aliphatic carbocycles. The third-order valence-electron chi connectivity index (χ3n) is 2.82. The van der Waals surface area contributed by atoms with Gasteiger partial charge in [0.25, 0.3) is 0 Å². The number of aryl methyl sites for hydroxylation is 1. The molecule has 0 amide bonds. The minimum Gasteiger partial charge on any atom is -0.466 e. The van der Waals surface area contributed by atoms with Crippen LogP contribution in [0.4, 0.5) is 5.82 Å². The molecule has 0 fully saturated rings. The van der Waals surface area contributed by atoms with Gasteiger partial charge in [-0.2, -0.15) is 5.10 Å². The summed E-state index contributed by atoms with van der Waals surface area (Å²) in [6.45, 7) is 5.48. The molecule has 0 saturated heterocycles. The van der Waals surface area contributed by atoms with Crippen LogP contribution in [0.15, 0.2) is 4.47 Å². The monoisotopic (exact) mass is 301 g/mol. The van der Waals surface area contributed by atoms with E-state index >= 15 is 0 Å². The number of halogens is 1. The maximum Gasteiger partial charge on any atom is 0.312 e. The maximum absolute atomic E-state index is 11.7. The Labute approximate surface area is 109 Å². The number of aromatic nitrogens is 2. The van der Waals surface area contributed by atoms with Crippen molar-refractivity contribution in [3.8, 4) is 0 Å². The number of carbonyl (C=O) groups excluding carboxylic acids is 1. The minimum atomic E-state index is -0.157. The largest absolute Gasteiger partial charge is 0.466 e. The van der Waals surface area contributed by atoms with Crippen molar-refractivity contribution in [1.29, 1.82) is 0 Å². The molecule has 1 aromatic rings. The molecule has 0 spiro atoms. The van der Waals surface area contributed by atoms with Crippen LogP contribution in [0, 0.1) is 5.92 Å². The van der Waals surface area contributed by atoms with Crippen molar-refractivity contribution in [3.05, 3.63) is 10.2 Å². The molecule has 2 rings (SSSR count). The summed E-state index contributed by atoms with van der Waals surface area (Å²) in [5, 5.41) is 7.69. The van der Waals surface area contributed by atoms with Crippen LogP contribution in [-0.4, -0.2) is 28.9 Å². The van der Waals surface area contributed by atoms with E-state index in [2.05, 4.69) is 33.3 Å². The Kier molecular flexibility index (Phi) is 3.71. The van der Waals surface area contributed by atoms with E-state index in [1.807, 2.05) is 11.6 Å². The van der Waals surface area contributed by atoms with Gasteiger partial charge in [-0.15, -0.1) is 0 Å². The Morgan fingerprint density at radius 1 is 1.65 bits per heavy atom. The van der Waals surface area contributed by atoms with Crippen LogP contribution >= 0.6 is 15.9 Å². The molecule has 1 aliphatic heterocycles. The SMILES string of the molecule is CCOC(=O)C1CNc2c(Br)c(CC)nn2C1. The van der Waals surface area contributed by atoms with Crippen LogP contribution in [-0.2, 0) is 22.5 Å². The van der Waals surface area contributed by atoms with Crippen LogP contribution in [0.2, 0.25) is 0 Å². The van der Waals surface area contributed by atoms with Crippen LogP contribution in [0.1, 0.15) is 19.5 Å². The first kappa shape index (κ1) is 12.4. The number of rotatable bonds is 3. The lowest BCUT2D eigenvalue weighted by Crippen LogP contribution is -2.34. The summed E-state index contributed by atoms with van der Waals surface area (Å²) in [4.78, 5) is 11.7. The molecule has 0 aromatic carbocycles. The molecule has 2 heterocycles. The number of ether oxygens (including phenoxy) is 1. The van der Waals surface area contributed by atoms with Crippen molar-refractivity contribution in [2.45, 2.75) is 26.8 Å². The highest BCUT2D eigenvalue weighted by Gasteiger charge is 2.28. The van der Waals surface area contributed by atoms with E-state index in [0.717, 1.165) is 22.4 Å². The van der Waals surface area contributed by atoms with Crippen LogP contribution < -0.4 is 5.32 Å². The van der Waals surface area contributed by atoms with Gasteiger partial charge in [-0.3, -0.25) is 4.79 Å². The molecule has 1 unspecified atom stereocenters. The number of hydrogen-bond donors (Lipinski definition) is 1. The fourth-order valence-corrected chi connectivity index (χ4v) is 2.63. The molecule has 17 heavy (non-hydrogen) atoms. The third-order valence-corrected chi connectivity index (χ3v) is 3.66. The molecule has 1 aromatic heterocycles. The molecule has 1 atom stereocenters. The predicted octanol–water partition coefficient (Wildman–Crippen LogP) is 1.81. The average molecular weight is 302 g/mol. The molecule has 0 saturated carbocycles. The van der Waals surface area contributed by atoms with Crippen molar-refractivity contribution < 1.29 is 9.53 Å². The molecule has 1 aliphatic rings. The second-order valence-corrected chi connectivity index (χ2v) is 4.77. The van der Waals surface area contributed by atoms with E-state index in [1.165, 1.54) is 0 Å². The quantitative estimate of drug-likeness (QED) is 0.865. The number of nitrogens with one attached hydrogen (secondary N) is 1. The summed E-state index contributed by atoms with van der Waals surface area (Å²) in [6.07, 6.45) is 0.867. The van der Waals surface area contributed by atoms with E-state index in [-0.39, 0.29) is 11.9 Å². The van der Waals surface area contributed by atoms with Crippen LogP contribution in [0.25, 0.3) is 0 Å². The summed E-state index contributed by atoms with van der Waals surface area (Å²) in [5.41, 5.74) is 1.01. The number of anilines is 1. The van der Waals surface area contributed by atoms with Gasteiger partial charge in [-0.05, 0) is 29.3 Å². The molecule has 5 nitrogen and oxygen atoms in total. The van der Waals surface area contributed by atoms with Crippen molar-refractivity contribution in [1.82, 2.24) is 9.78 Å². The Bertz CT molecular complexity index is 431. The Balaban J connectivity index is 2.16. The first-order chi connectivity index (χ1) is 8.17. The Morgan fingerprint density at radius 2 is 2.41 bits per heavy atom. The van der Waals surface area contributed by atoms with E-state index in [1.54, 1.807) is 0 Å². The van der Waals surface area contributed by atoms with Gasteiger partial charge in [0.15, 0.2) is 0 Å². The smallest absolute Gasteiger partial charge is 0.312 e. The zero-order chi connectivity index (χ0) is 12.4. The number of fused-ring (bicyclic) bond motifs is 1. The third kappa shape index (κ3) is 2.31. The maximum atomic E-state index is 11.7. The van der Waals surface area contributed by atoms with E-state index < -0.39 is 0 Å². The van der Waals surface area contributed by atoms with Gasteiger partial charge < -0.3 is 10.1 Å². The normalized spacial score (nSPS) is 18.4. The Morgan fingerprint density at radius 3 is 3.06 bits per heavy atom. The van der Waals surface area contributed by atoms with Gasteiger partial charge in [-0.1, -0.05) is 6.92 Å². The molecule has 0 radical (unpaired) electrons. The van der Waals surface area contributed by atoms with Crippen LogP contribution in [0.3, 0.4) is 0 Å². The van der Waals surface area contributed by atoms with Crippen molar-refractivity contribution >= 4 is 27.7 Å². The molecule has 0 bridgehead atoms. The molecule has 94 valence electrons. The Hall–Kier alpha value is -1.04. The summed E-state index contributed by atoms with van der Waals surface area (Å²) in [6, 6.07) is 0. The van der Waals surface area contributed by atoms with Gasteiger partial charge >= 0.3 is 5.97 Å². The summed E-state index contributed by atoms with van der Waals surface area (Å²) < 4.78 is 7.87. The first-order valence-corrected chi connectivity index (χ1v) is 6.62. The lowest BCUT2D eigenvalue weighted by atomic mass is 10.1. The second-order valence-electron chi connectivity index (χ2n) is 3.97. The van der Waals surface area contributed by atoms with Crippen molar-refractivity contribution in [2.24, 2.45) is 5.92 Å². The van der Waals surface area contributed by atoms with Gasteiger partial charge in [0.1, 0.15) is 5.82 Å². The number of esters is 1. The highest BCUT2D eigenvalue weighted by Crippen LogP contribution is 2.30. The zero-order valence-corrected chi connectivity index (χ0v) is 11.6. The highest BCUT2D eigenvalue weighted by molar-refractivity contribution is 9.10. The topological polar surface area (TPSA) is 56.1 Å². The number of hydrogen-bond acceptors (Lipinski definition) is 4. The molecule has 6 heteroatoms. The van der Waals surface area contributed by atoms with Crippen molar-refractivity contribution in [3.63, 3.8) is 0 Å². The standard InChI is InChI=1S/C11H16BrN3O2/c1-3-8-9(12)10-13-5-7(6-15(10)14-8)11(16)17-4-2/h7,13H,3-6H2,1-2H3. The average Bonchev–Trinajstić information content (AvgIpc) is 2.66. The molecule has 1 N–H and O–H groups in total. The van der Waals surface area contributed by atoms with E-state index in [9.17, 15) is 4.79 Å². The fourth-order valence-electron chi connectivity index (χ4n) is 1.93. The highest BCUT2D eigenvalue weighted by atomic mass is 79.9. The summed E-state index contributed by atoms with van der Waals surface area (Å²) in [5.74, 6) is 0.650. The fraction of sp³-hybridized carbons (Fsp3) is 0.636. The summed E-state index contributed by atoms with van der Waals surface area (Å²) >= 11 is 3.52. The number of nitrogens with zero attached hydrogens (tertiary/aromatic N) is 2. The molecular formula is C11H16BrN3O2. The van der Waals surface area contributed by atoms with Crippen LogP contribution in [0.5, 0.6) is 0 Å². The van der Waals surface area contributed by atoms with Gasteiger partial charge in [0.05, 0.1) is 29.2 Å². The second kappa shape index (κ2) is 5.08. The van der Waals surface area contributed by atoms with Gasteiger partial charge in [0.2, 0.25) is 0 Å². The van der Waals surface area contributed by atoms with Gasteiger partial charge in [0, 0.05) is 6.54 Å². The minimum absolute atomic E-state index is 0.154. The lowest BCUT2D eigenvalue weighted by Gasteiger charge is -2.23. The number of carbonyl (C=O) groups is 1.